The topological polar surface area (TPSA) is 82.2 Å². The van der Waals surface area contributed by atoms with Crippen LogP contribution in [0.2, 0.25) is 0 Å². The quantitative estimate of drug-likeness (QED) is 0.808. The van der Waals surface area contributed by atoms with Gasteiger partial charge in [0.2, 0.25) is 11.8 Å². The summed E-state index contributed by atoms with van der Waals surface area (Å²) in [6.07, 6.45) is 0.218. The molecule has 0 spiro atoms. The number of fused-ring (bicyclic) bond motifs is 1. The number of hydrogen-bond donors (Lipinski definition) is 1. The summed E-state index contributed by atoms with van der Waals surface area (Å²) in [6.45, 7) is 0.384. The van der Waals surface area contributed by atoms with E-state index < -0.39 is 0 Å². The molecule has 2 rings (SSSR count). The SMILES string of the molecule is CNC(=O)CN(C)C(=O)C[C@H]1COc2ccc(C(=O)N(C)C)cc2N1C. The number of anilines is 1. The maximum absolute atomic E-state index is 12.4. The van der Waals surface area contributed by atoms with Crippen molar-refractivity contribution in [3.8, 4) is 5.75 Å². The highest BCUT2D eigenvalue weighted by molar-refractivity contribution is 5.95. The molecular formula is C18H26N4O4. The minimum atomic E-state index is -0.216. The van der Waals surface area contributed by atoms with E-state index in [-0.39, 0.29) is 36.7 Å². The first-order valence-electron chi connectivity index (χ1n) is 8.40. The van der Waals surface area contributed by atoms with E-state index in [9.17, 15) is 14.4 Å². The monoisotopic (exact) mass is 362 g/mol. The second kappa shape index (κ2) is 8.07. The second-order valence-electron chi connectivity index (χ2n) is 6.58. The molecule has 26 heavy (non-hydrogen) atoms. The summed E-state index contributed by atoms with van der Waals surface area (Å²) in [5, 5.41) is 2.50. The Hall–Kier alpha value is -2.77. The predicted molar refractivity (Wildman–Crippen MR) is 98.5 cm³/mol. The van der Waals surface area contributed by atoms with Gasteiger partial charge in [-0.15, -0.1) is 0 Å². The molecule has 0 aromatic heterocycles. The average molecular weight is 362 g/mol. The lowest BCUT2D eigenvalue weighted by Gasteiger charge is -2.36. The third-order valence-corrected chi connectivity index (χ3v) is 4.47. The summed E-state index contributed by atoms with van der Waals surface area (Å²) in [5.74, 6) is 0.235. The molecule has 1 atom stereocenters. The molecule has 1 aromatic rings. The van der Waals surface area contributed by atoms with Crippen LogP contribution in [0.5, 0.6) is 5.75 Å². The normalized spacial score (nSPS) is 15.6. The first kappa shape index (κ1) is 19.6. The van der Waals surface area contributed by atoms with Gasteiger partial charge in [-0.25, -0.2) is 0 Å². The summed E-state index contributed by atoms with van der Waals surface area (Å²) < 4.78 is 5.77. The minimum absolute atomic E-state index is 0.0185. The van der Waals surface area contributed by atoms with Crippen LogP contribution in [0.3, 0.4) is 0 Å². The zero-order chi connectivity index (χ0) is 19.4. The fourth-order valence-electron chi connectivity index (χ4n) is 2.74. The van der Waals surface area contributed by atoms with Crippen molar-refractivity contribution in [2.45, 2.75) is 12.5 Å². The second-order valence-corrected chi connectivity index (χ2v) is 6.58. The van der Waals surface area contributed by atoms with Gasteiger partial charge in [0.25, 0.3) is 5.91 Å². The van der Waals surface area contributed by atoms with Crippen molar-refractivity contribution in [3.05, 3.63) is 23.8 Å². The van der Waals surface area contributed by atoms with Crippen LogP contribution >= 0.6 is 0 Å². The van der Waals surface area contributed by atoms with Gasteiger partial charge in [-0.1, -0.05) is 0 Å². The highest BCUT2D eigenvalue weighted by Crippen LogP contribution is 2.34. The summed E-state index contributed by atoms with van der Waals surface area (Å²) in [5.41, 5.74) is 1.34. The molecule has 142 valence electrons. The van der Waals surface area contributed by atoms with E-state index in [1.807, 2.05) is 11.9 Å². The lowest BCUT2D eigenvalue weighted by atomic mass is 10.1. The summed E-state index contributed by atoms with van der Waals surface area (Å²) in [6, 6.07) is 5.12. The molecule has 1 heterocycles. The Morgan fingerprint density at radius 3 is 2.58 bits per heavy atom. The Morgan fingerprint density at radius 1 is 1.27 bits per heavy atom. The molecule has 1 aromatic carbocycles. The third kappa shape index (κ3) is 4.25. The fraction of sp³-hybridized carbons (Fsp3) is 0.500. The van der Waals surface area contributed by atoms with Gasteiger partial charge in [0, 0.05) is 40.8 Å². The van der Waals surface area contributed by atoms with E-state index in [2.05, 4.69) is 5.32 Å². The standard InChI is InChI=1S/C18H26N4O4/c1-19-16(23)10-21(4)17(24)9-13-11-26-15-7-6-12(18(25)20(2)3)8-14(15)22(13)5/h6-8,13H,9-11H2,1-5H3,(H,19,23)/t13-/m0/s1. The van der Waals surface area contributed by atoms with E-state index in [0.717, 1.165) is 5.69 Å². The van der Waals surface area contributed by atoms with Crippen molar-refractivity contribution in [3.63, 3.8) is 0 Å². The molecule has 0 bridgehead atoms. The van der Waals surface area contributed by atoms with E-state index >= 15 is 0 Å². The van der Waals surface area contributed by atoms with Gasteiger partial charge in [0.1, 0.15) is 12.4 Å². The van der Waals surface area contributed by atoms with Crippen LogP contribution in [-0.2, 0) is 9.59 Å². The zero-order valence-corrected chi connectivity index (χ0v) is 15.9. The third-order valence-electron chi connectivity index (χ3n) is 4.47. The summed E-state index contributed by atoms with van der Waals surface area (Å²) in [7, 11) is 8.41. The summed E-state index contributed by atoms with van der Waals surface area (Å²) in [4.78, 5) is 40.9. The number of nitrogens with one attached hydrogen (secondary N) is 1. The van der Waals surface area contributed by atoms with Gasteiger partial charge in [-0.2, -0.15) is 0 Å². The van der Waals surface area contributed by atoms with E-state index in [4.69, 9.17) is 4.74 Å². The van der Waals surface area contributed by atoms with Crippen LogP contribution in [0.15, 0.2) is 18.2 Å². The van der Waals surface area contributed by atoms with Crippen LogP contribution in [0, 0.1) is 0 Å². The number of hydrogen-bond acceptors (Lipinski definition) is 5. The number of nitrogens with zero attached hydrogens (tertiary/aromatic N) is 3. The predicted octanol–water partition coefficient (Wildman–Crippen LogP) is 0.180. The maximum atomic E-state index is 12.4. The van der Waals surface area contributed by atoms with Crippen LogP contribution in [0.4, 0.5) is 5.69 Å². The Labute approximate surface area is 153 Å². The maximum Gasteiger partial charge on any atom is 0.253 e. The molecular weight excluding hydrogens is 336 g/mol. The van der Waals surface area contributed by atoms with E-state index in [0.29, 0.717) is 17.9 Å². The van der Waals surface area contributed by atoms with Gasteiger partial charge < -0.3 is 24.8 Å². The molecule has 0 fully saturated rings. The van der Waals surface area contributed by atoms with Crippen molar-refractivity contribution >= 4 is 23.4 Å². The Kier molecular flexibility index (Phi) is 6.07. The van der Waals surface area contributed by atoms with Crippen LogP contribution in [0.25, 0.3) is 0 Å². The van der Waals surface area contributed by atoms with Gasteiger partial charge in [0.15, 0.2) is 0 Å². The van der Waals surface area contributed by atoms with Gasteiger partial charge in [0.05, 0.1) is 24.7 Å². The Balaban J connectivity index is 2.12. The lowest BCUT2D eigenvalue weighted by molar-refractivity contribution is -0.135. The molecule has 1 aliphatic heterocycles. The van der Waals surface area contributed by atoms with Crippen LogP contribution in [-0.4, -0.2) is 82.0 Å². The number of carbonyl (C=O) groups is 3. The largest absolute Gasteiger partial charge is 0.489 e. The number of likely N-dealkylation sites (N-methyl/N-ethyl adjacent to an activating group) is 3. The highest BCUT2D eigenvalue weighted by Gasteiger charge is 2.29. The molecule has 0 saturated heterocycles. The molecule has 0 radical (unpaired) electrons. The van der Waals surface area contributed by atoms with Crippen molar-refractivity contribution in [2.24, 2.45) is 0 Å². The molecule has 0 unspecified atom stereocenters. The molecule has 0 aliphatic carbocycles. The van der Waals surface area contributed by atoms with Crippen molar-refractivity contribution < 1.29 is 19.1 Å². The zero-order valence-electron chi connectivity index (χ0n) is 15.9. The number of rotatable bonds is 5. The molecule has 8 heteroatoms. The first-order valence-corrected chi connectivity index (χ1v) is 8.40. The molecule has 1 N–H and O–H groups in total. The van der Waals surface area contributed by atoms with Crippen molar-refractivity contribution in [2.75, 3.05) is 53.3 Å². The molecule has 3 amide bonds. The van der Waals surface area contributed by atoms with Crippen LogP contribution < -0.4 is 15.0 Å². The van der Waals surface area contributed by atoms with Crippen molar-refractivity contribution in [1.29, 1.82) is 0 Å². The number of carbonyl (C=O) groups excluding carboxylic acids is 3. The smallest absolute Gasteiger partial charge is 0.253 e. The van der Waals surface area contributed by atoms with Gasteiger partial charge in [-0.3, -0.25) is 14.4 Å². The number of ether oxygens (including phenoxy) is 1. The average Bonchev–Trinajstić information content (AvgIpc) is 2.62. The fourth-order valence-corrected chi connectivity index (χ4v) is 2.74. The number of benzene rings is 1. The first-order chi connectivity index (χ1) is 12.2. The Bertz CT molecular complexity index is 704. The van der Waals surface area contributed by atoms with E-state index in [1.165, 1.54) is 16.8 Å². The van der Waals surface area contributed by atoms with Gasteiger partial charge >= 0.3 is 0 Å². The molecule has 8 nitrogen and oxygen atoms in total. The molecule has 1 aliphatic rings. The molecule has 0 saturated carbocycles. The van der Waals surface area contributed by atoms with Crippen molar-refractivity contribution in [1.82, 2.24) is 15.1 Å². The minimum Gasteiger partial charge on any atom is -0.489 e. The Morgan fingerprint density at radius 2 is 1.96 bits per heavy atom. The van der Waals surface area contributed by atoms with Crippen LogP contribution in [0.1, 0.15) is 16.8 Å². The summed E-state index contributed by atoms with van der Waals surface area (Å²) >= 11 is 0. The highest BCUT2D eigenvalue weighted by atomic mass is 16.5. The lowest BCUT2D eigenvalue weighted by Crippen LogP contribution is -2.45. The van der Waals surface area contributed by atoms with E-state index in [1.54, 1.807) is 39.3 Å². The van der Waals surface area contributed by atoms with Gasteiger partial charge in [-0.05, 0) is 18.2 Å². The number of amides is 3.